The molecular formula is C23H26F3N3O2. The van der Waals surface area contributed by atoms with Crippen LogP contribution < -0.4 is 15.0 Å². The van der Waals surface area contributed by atoms with Crippen molar-refractivity contribution in [2.45, 2.75) is 43.1 Å². The Bertz CT molecular complexity index is 921. The summed E-state index contributed by atoms with van der Waals surface area (Å²) in [5.74, 6) is -0.304. The van der Waals surface area contributed by atoms with Crippen molar-refractivity contribution >= 4 is 11.7 Å². The third-order valence-electron chi connectivity index (χ3n) is 6.66. The van der Waals surface area contributed by atoms with Gasteiger partial charge in [0.25, 0.3) is 0 Å². The van der Waals surface area contributed by atoms with Gasteiger partial charge in [0.05, 0.1) is 12.1 Å². The third kappa shape index (κ3) is 4.21. The van der Waals surface area contributed by atoms with E-state index in [-0.39, 0.29) is 22.9 Å². The zero-order valence-electron chi connectivity index (χ0n) is 17.6. The number of hydrogen-bond donors (Lipinski definition) is 1. The van der Waals surface area contributed by atoms with Crippen molar-refractivity contribution in [2.24, 2.45) is 0 Å². The number of ether oxygens (including phenoxy) is 1. The van der Waals surface area contributed by atoms with Crippen LogP contribution in [0.4, 0.5) is 23.7 Å². The fourth-order valence-electron chi connectivity index (χ4n) is 4.91. The van der Waals surface area contributed by atoms with Gasteiger partial charge in [-0.05, 0) is 69.6 Å². The number of carbonyl (C=O) groups excluding carboxylic acids is 1. The van der Waals surface area contributed by atoms with Gasteiger partial charge in [0, 0.05) is 11.2 Å². The van der Waals surface area contributed by atoms with Crippen molar-refractivity contribution in [3.8, 4) is 5.75 Å². The molecule has 31 heavy (non-hydrogen) atoms. The van der Waals surface area contributed by atoms with Gasteiger partial charge in [-0.25, -0.2) is 4.79 Å². The molecule has 0 radical (unpaired) electrons. The molecule has 1 aliphatic heterocycles. The molecule has 1 aliphatic carbocycles. The SMILES string of the molecule is CN(C)[C@]1(c2ccccc2)CC[C@@]2(CC1)CN(c1ccc(OC(F)(F)F)cc1)C(=O)N2. The number of carbonyl (C=O) groups is 1. The minimum atomic E-state index is -4.74. The summed E-state index contributed by atoms with van der Waals surface area (Å²) in [5, 5.41) is 3.16. The maximum atomic E-state index is 12.7. The summed E-state index contributed by atoms with van der Waals surface area (Å²) in [5.41, 5.74) is 1.40. The molecule has 2 aliphatic rings. The number of amides is 2. The molecule has 166 valence electrons. The molecular weight excluding hydrogens is 407 g/mol. The highest BCUT2D eigenvalue weighted by molar-refractivity contribution is 5.95. The second-order valence-electron chi connectivity index (χ2n) is 8.63. The number of alkyl halides is 3. The van der Waals surface area contributed by atoms with Crippen LogP contribution in [0.5, 0.6) is 5.75 Å². The van der Waals surface area contributed by atoms with Crippen LogP contribution in [0.25, 0.3) is 0 Å². The van der Waals surface area contributed by atoms with E-state index in [4.69, 9.17) is 0 Å². The number of anilines is 1. The molecule has 1 heterocycles. The highest BCUT2D eigenvalue weighted by atomic mass is 19.4. The van der Waals surface area contributed by atoms with Crippen LogP contribution in [-0.4, -0.2) is 43.5 Å². The number of benzene rings is 2. The lowest BCUT2D eigenvalue weighted by molar-refractivity contribution is -0.274. The fraction of sp³-hybridized carbons (Fsp3) is 0.435. The third-order valence-corrected chi connectivity index (χ3v) is 6.66. The smallest absolute Gasteiger partial charge is 0.406 e. The monoisotopic (exact) mass is 433 g/mol. The summed E-state index contributed by atoms with van der Waals surface area (Å²) in [6, 6.07) is 15.6. The molecule has 1 spiro atoms. The van der Waals surface area contributed by atoms with Crippen LogP contribution in [0, 0.1) is 0 Å². The molecule has 1 N–H and O–H groups in total. The minimum absolute atomic E-state index is 0.0821. The molecule has 8 heteroatoms. The fourth-order valence-corrected chi connectivity index (χ4v) is 4.91. The molecule has 0 unspecified atom stereocenters. The molecule has 1 saturated carbocycles. The Balaban J connectivity index is 1.48. The van der Waals surface area contributed by atoms with E-state index in [1.807, 2.05) is 6.07 Å². The highest BCUT2D eigenvalue weighted by Crippen LogP contribution is 2.46. The van der Waals surface area contributed by atoms with Crippen LogP contribution in [0.15, 0.2) is 54.6 Å². The first kappa shape index (κ1) is 21.5. The Morgan fingerprint density at radius 2 is 1.58 bits per heavy atom. The zero-order chi connectivity index (χ0) is 22.3. The first-order chi connectivity index (χ1) is 14.6. The van der Waals surface area contributed by atoms with E-state index in [0.29, 0.717) is 12.2 Å². The van der Waals surface area contributed by atoms with E-state index in [2.05, 4.69) is 53.3 Å². The van der Waals surface area contributed by atoms with E-state index in [9.17, 15) is 18.0 Å². The number of rotatable bonds is 4. The van der Waals surface area contributed by atoms with Crippen LogP contribution in [0.3, 0.4) is 0 Å². The van der Waals surface area contributed by atoms with Gasteiger partial charge in [0.1, 0.15) is 5.75 Å². The lowest BCUT2D eigenvalue weighted by Crippen LogP contribution is -2.54. The summed E-state index contributed by atoms with van der Waals surface area (Å²) in [6.45, 7) is 0.490. The normalized spacial score (nSPS) is 26.4. The second kappa shape index (κ2) is 7.75. The summed E-state index contributed by atoms with van der Waals surface area (Å²) < 4.78 is 41.1. The number of halogens is 3. The number of hydrogen-bond acceptors (Lipinski definition) is 3. The molecule has 2 aromatic rings. The lowest BCUT2D eigenvalue weighted by Gasteiger charge is -2.48. The lowest BCUT2D eigenvalue weighted by atomic mass is 9.69. The molecule has 0 aromatic heterocycles. The van der Waals surface area contributed by atoms with Crippen molar-refractivity contribution in [3.63, 3.8) is 0 Å². The van der Waals surface area contributed by atoms with E-state index in [1.165, 1.54) is 29.8 Å². The molecule has 5 nitrogen and oxygen atoms in total. The van der Waals surface area contributed by atoms with Crippen molar-refractivity contribution in [2.75, 3.05) is 25.5 Å². The Hall–Kier alpha value is -2.74. The summed E-state index contributed by atoms with van der Waals surface area (Å²) in [7, 11) is 4.18. The van der Waals surface area contributed by atoms with Gasteiger partial charge < -0.3 is 10.1 Å². The van der Waals surface area contributed by atoms with Crippen LogP contribution in [0.1, 0.15) is 31.2 Å². The predicted octanol–water partition coefficient (Wildman–Crippen LogP) is 4.88. The molecule has 0 atom stereocenters. The first-order valence-corrected chi connectivity index (χ1v) is 10.3. The zero-order valence-corrected chi connectivity index (χ0v) is 17.6. The maximum Gasteiger partial charge on any atom is 0.573 e. The average molecular weight is 433 g/mol. The first-order valence-electron chi connectivity index (χ1n) is 10.3. The largest absolute Gasteiger partial charge is 0.573 e. The van der Waals surface area contributed by atoms with Gasteiger partial charge in [0.2, 0.25) is 0 Å². The van der Waals surface area contributed by atoms with Gasteiger partial charge in [-0.1, -0.05) is 30.3 Å². The Kier molecular flexibility index (Phi) is 5.37. The van der Waals surface area contributed by atoms with Crippen LogP contribution in [0.2, 0.25) is 0 Å². The molecule has 4 rings (SSSR count). The van der Waals surface area contributed by atoms with E-state index in [1.54, 1.807) is 4.90 Å². The van der Waals surface area contributed by atoms with Crippen LogP contribution in [-0.2, 0) is 5.54 Å². The van der Waals surface area contributed by atoms with Gasteiger partial charge in [-0.15, -0.1) is 13.2 Å². The standard InChI is InChI=1S/C23H26F3N3O2/c1-28(2)22(17-6-4-3-5-7-17)14-12-21(13-15-22)16-29(20(30)27-21)18-8-10-19(11-9-18)31-23(24,25)26/h3-11H,12-16H2,1-2H3,(H,27,30)/t21-,22-. The van der Waals surface area contributed by atoms with E-state index < -0.39 is 6.36 Å². The quantitative estimate of drug-likeness (QED) is 0.747. The number of nitrogens with one attached hydrogen (secondary N) is 1. The van der Waals surface area contributed by atoms with Crippen molar-refractivity contribution in [3.05, 3.63) is 60.2 Å². The maximum absolute atomic E-state index is 12.7. The average Bonchev–Trinajstić information content (AvgIpc) is 3.04. The minimum Gasteiger partial charge on any atom is -0.406 e. The Morgan fingerprint density at radius 1 is 0.968 bits per heavy atom. The topological polar surface area (TPSA) is 44.8 Å². The number of nitrogens with zero attached hydrogens (tertiary/aromatic N) is 2. The van der Waals surface area contributed by atoms with Gasteiger partial charge in [-0.2, -0.15) is 0 Å². The van der Waals surface area contributed by atoms with Crippen molar-refractivity contribution in [1.82, 2.24) is 10.2 Å². The Morgan fingerprint density at radius 3 is 2.13 bits per heavy atom. The predicted molar refractivity (Wildman–Crippen MR) is 112 cm³/mol. The number of urea groups is 1. The molecule has 0 bridgehead atoms. The van der Waals surface area contributed by atoms with Crippen molar-refractivity contribution < 1.29 is 22.7 Å². The van der Waals surface area contributed by atoms with Crippen molar-refractivity contribution in [1.29, 1.82) is 0 Å². The van der Waals surface area contributed by atoms with Crippen LogP contribution >= 0.6 is 0 Å². The van der Waals surface area contributed by atoms with Gasteiger partial charge in [-0.3, -0.25) is 9.80 Å². The van der Waals surface area contributed by atoms with Gasteiger partial charge in [0.15, 0.2) is 0 Å². The molecule has 2 aromatic carbocycles. The molecule has 2 fully saturated rings. The summed E-state index contributed by atoms with van der Waals surface area (Å²) in [6.07, 6.45) is -1.31. The molecule has 1 saturated heterocycles. The second-order valence-corrected chi connectivity index (χ2v) is 8.63. The van der Waals surface area contributed by atoms with E-state index >= 15 is 0 Å². The Labute approximate surface area is 179 Å². The molecule has 2 amide bonds. The summed E-state index contributed by atoms with van der Waals surface area (Å²) in [4.78, 5) is 16.6. The highest BCUT2D eigenvalue weighted by Gasteiger charge is 2.50. The van der Waals surface area contributed by atoms with Gasteiger partial charge >= 0.3 is 12.4 Å². The van der Waals surface area contributed by atoms with E-state index in [0.717, 1.165) is 25.7 Å². The summed E-state index contributed by atoms with van der Waals surface area (Å²) >= 11 is 0.